The highest BCUT2D eigenvalue weighted by Gasteiger charge is 2.25. The third-order valence-corrected chi connectivity index (χ3v) is 4.81. The zero-order valence-electron chi connectivity index (χ0n) is 12.5. The first-order valence-electron chi connectivity index (χ1n) is 7.34. The van der Waals surface area contributed by atoms with Crippen molar-refractivity contribution in [1.29, 1.82) is 0 Å². The van der Waals surface area contributed by atoms with E-state index in [4.69, 9.17) is 0 Å². The monoisotopic (exact) mass is 256 g/mol. The fraction of sp³-hybridized carbons (Fsp3) is 0.529. The number of aromatic nitrogens is 1. The van der Waals surface area contributed by atoms with Gasteiger partial charge in [-0.25, -0.2) is 0 Å². The summed E-state index contributed by atoms with van der Waals surface area (Å²) in [5.74, 6) is 0.709. The third-order valence-electron chi connectivity index (χ3n) is 4.81. The number of hydrogen-bond donors (Lipinski definition) is 1. The van der Waals surface area contributed by atoms with E-state index in [1.54, 1.807) is 0 Å². The van der Waals surface area contributed by atoms with E-state index in [-0.39, 0.29) is 0 Å². The number of H-pyrrole nitrogens is 1. The Kier molecular flexibility index (Phi) is 3.14. The van der Waals surface area contributed by atoms with E-state index in [0.717, 1.165) is 0 Å². The van der Waals surface area contributed by atoms with Crippen LogP contribution < -0.4 is 0 Å². The van der Waals surface area contributed by atoms with Crippen LogP contribution in [0.25, 0.3) is 10.9 Å². The van der Waals surface area contributed by atoms with E-state index in [1.165, 1.54) is 47.0 Å². The van der Waals surface area contributed by atoms with Crippen LogP contribution in [0.2, 0.25) is 0 Å². The minimum atomic E-state index is 0.689. The van der Waals surface area contributed by atoms with Crippen LogP contribution in [0.15, 0.2) is 18.3 Å². The van der Waals surface area contributed by atoms with Gasteiger partial charge in [-0.1, -0.05) is 11.6 Å². The second kappa shape index (κ2) is 4.68. The summed E-state index contributed by atoms with van der Waals surface area (Å²) in [6.07, 6.45) is 4.80. The smallest absolute Gasteiger partial charge is 0.0486 e. The number of rotatable bonds is 1. The zero-order chi connectivity index (χ0) is 13.6. The lowest BCUT2D eigenvalue weighted by Crippen LogP contribution is -2.36. The Hall–Kier alpha value is -1.28. The van der Waals surface area contributed by atoms with Crippen molar-refractivity contribution in [3.8, 4) is 0 Å². The van der Waals surface area contributed by atoms with Crippen molar-refractivity contribution in [3.63, 3.8) is 0 Å². The molecule has 2 heterocycles. The predicted octanol–water partition coefficient (Wildman–Crippen LogP) is 3.98. The van der Waals surface area contributed by atoms with Gasteiger partial charge in [0.2, 0.25) is 0 Å². The summed E-state index contributed by atoms with van der Waals surface area (Å²) in [6.45, 7) is 7.95. The SMILES string of the molecule is Cc1cc(C)c2[nH]cc(C3CCN(C)C(C)C3)c2c1. The predicted molar refractivity (Wildman–Crippen MR) is 81.8 cm³/mol. The number of nitrogens with zero attached hydrogens (tertiary/aromatic N) is 1. The average molecular weight is 256 g/mol. The average Bonchev–Trinajstić information content (AvgIpc) is 2.76. The van der Waals surface area contributed by atoms with E-state index in [2.05, 4.69) is 56.0 Å². The molecule has 0 aliphatic carbocycles. The van der Waals surface area contributed by atoms with Crippen LogP contribution in [0.3, 0.4) is 0 Å². The molecule has 0 radical (unpaired) electrons. The van der Waals surface area contributed by atoms with Crippen molar-refractivity contribution in [2.75, 3.05) is 13.6 Å². The molecule has 0 amide bonds. The molecule has 1 saturated heterocycles. The van der Waals surface area contributed by atoms with Crippen molar-refractivity contribution in [2.45, 2.75) is 45.6 Å². The maximum Gasteiger partial charge on any atom is 0.0486 e. The van der Waals surface area contributed by atoms with Crippen molar-refractivity contribution < 1.29 is 0 Å². The van der Waals surface area contributed by atoms with Gasteiger partial charge in [-0.15, -0.1) is 0 Å². The Bertz CT molecular complexity index is 597. The lowest BCUT2D eigenvalue weighted by Gasteiger charge is -2.35. The molecule has 102 valence electrons. The third kappa shape index (κ3) is 2.18. The number of likely N-dealkylation sites (tertiary alicyclic amines) is 1. The highest BCUT2D eigenvalue weighted by atomic mass is 15.1. The second-order valence-corrected chi connectivity index (χ2v) is 6.30. The van der Waals surface area contributed by atoms with E-state index in [0.29, 0.717) is 12.0 Å². The first-order chi connectivity index (χ1) is 9.06. The summed E-state index contributed by atoms with van der Waals surface area (Å²) in [4.78, 5) is 5.97. The van der Waals surface area contributed by atoms with Crippen LogP contribution >= 0.6 is 0 Å². The molecule has 2 unspecified atom stereocenters. The molecular formula is C17H24N2. The van der Waals surface area contributed by atoms with E-state index < -0.39 is 0 Å². The van der Waals surface area contributed by atoms with Gasteiger partial charge >= 0.3 is 0 Å². The Labute approximate surface area is 115 Å². The number of aromatic amines is 1. The molecule has 1 N–H and O–H groups in total. The molecule has 1 aliphatic heterocycles. The summed E-state index contributed by atoms with van der Waals surface area (Å²) >= 11 is 0. The molecule has 2 heteroatoms. The highest BCUT2D eigenvalue weighted by molar-refractivity contribution is 5.87. The number of benzene rings is 1. The molecule has 2 aromatic rings. The van der Waals surface area contributed by atoms with Crippen LogP contribution in [0.5, 0.6) is 0 Å². The van der Waals surface area contributed by atoms with Crippen molar-refractivity contribution in [2.24, 2.45) is 0 Å². The molecule has 1 aliphatic rings. The summed E-state index contributed by atoms with van der Waals surface area (Å²) in [7, 11) is 2.24. The van der Waals surface area contributed by atoms with Gasteiger partial charge < -0.3 is 9.88 Å². The fourth-order valence-corrected chi connectivity index (χ4v) is 3.52. The maximum absolute atomic E-state index is 3.49. The number of aryl methyl sites for hydroxylation is 2. The van der Waals surface area contributed by atoms with Crippen LogP contribution in [0.1, 0.15) is 42.4 Å². The molecule has 0 saturated carbocycles. The number of piperidine rings is 1. The van der Waals surface area contributed by atoms with Gasteiger partial charge in [-0.3, -0.25) is 0 Å². The van der Waals surface area contributed by atoms with Crippen molar-refractivity contribution >= 4 is 10.9 Å². The van der Waals surface area contributed by atoms with Crippen molar-refractivity contribution in [1.82, 2.24) is 9.88 Å². The minimum Gasteiger partial charge on any atom is -0.361 e. The van der Waals surface area contributed by atoms with Gasteiger partial charge in [0.1, 0.15) is 0 Å². The Morgan fingerprint density at radius 2 is 2.05 bits per heavy atom. The highest BCUT2D eigenvalue weighted by Crippen LogP contribution is 2.36. The topological polar surface area (TPSA) is 19.0 Å². The first-order valence-corrected chi connectivity index (χ1v) is 7.34. The number of fused-ring (bicyclic) bond motifs is 1. The van der Waals surface area contributed by atoms with Crippen LogP contribution in [0.4, 0.5) is 0 Å². The quantitative estimate of drug-likeness (QED) is 0.817. The summed E-state index contributed by atoms with van der Waals surface area (Å²) < 4.78 is 0. The van der Waals surface area contributed by atoms with Gasteiger partial charge in [0.25, 0.3) is 0 Å². The normalized spacial score (nSPS) is 25.1. The Morgan fingerprint density at radius 1 is 1.26 bits per heavy atom. The Morgan fingerprint density at radius 3 is 2.79 bits per heavy atom. The summed E-state index contributed by atoms with van der Waals surface area (Å²) in [5, 5.41) is 1.44. The van der Waals surface area contributed by atoms with Gasteiger partial charge in [-0.2, -0.15) is 0 Å². The zero-order valence-corrected chi connectivity index (χ0v) is 12.5. The lowest BCUT2D eigenvalue weighted by atomic mass is 9.85. The van der Waals surface area contributed by atoms with E-state index in [1.807, 2.05) is 0 Å². The number of nitrogens with one attached hydrogen (secondary N) is 1. The second-order valence-electron chi connectivity index (χ2n) is 6.30. The van der Waals surface area contributed by atoms with Crippen LogP contribution in [-0.4, -0.2) is 29.5 Å². The van der Waals surface area contributed by atoms with Crippen LogP contribution in [-0.2, 0) is 0 Å². The van der Waals surface area contributed by atoms with Crippen molar-refractivity contribution in [3.05, 3.63) is 35.0 Å². The Balaban J connectivity index is 2.01. The first kappa shape index (κ1) is 12.7. The van der Waals surface area contributed by atoms with Gasteiger partial charge in [0.05, 0.1) is 0 Å². The molecule has 1 fully saturated rings. The molecule has 0 spiro atoms. The minimum absolute atomic E-state index is 0.689. The molecule has 1 aromatic carbocycles. The molecule has 1 aromatic heterocycles. The summed E-state index contributed by atoms with van der Waals surface area (Å²) in [6, 6.07) is 5.30. The molecule has 3 rings (SSSR count). The molecule has 19 heavy (non-hydrogen) atoms. The van der Waals surface area contributed by atoms with Gasteiger partial charge in [-0.05, 0) is 70.3 Å². The van der Waals surface area contributed by atoms with E-state index >= 15 is 0 Å². The van der Waals surface area contributed by atoms with E-state index in [9.17, 15) is 0 Å². The standard InChI is InChI=1S/C17H24N2/c1-11-7-12(2)17-15(8-11)16(10-18-17)14-5-6-19(4)13(3)9-14/h7-8,10,13-14,18H,5-6,9H2,1-4H3. The number of hydrogen-bond acceptors (Lipinski definition) is 1. The van der Waals surface area contributed by atoms with Crippen LogP contribution in [0, 0.1) is 13.8 Å². The van der Waals surface area contributed by atoms with Gasteiger partial charge in [0.15, 0.2) is 0 Å². The summed E-state index contributed by atoms with van der Waals surface area (Å²) in [5.41, 5.74) is 5.59. The van der Waals surface area contributed by atoms with Gasteiger partial charge in [0, 0.05) is 23.1 Å². The largest absolute Gasteiger partial charge is 0.361 e. The molecule has 0 bridgehead atoms. The molecule has 2 nitrogen and oxygen atoms in total. The maximum atomic E-state index is 3.49. The molecule has 2 atom stereocenters. The molecular weight excluding hydrogens is 232 g/mol. The fourth-order valence-electron chi connectivity index (χ4n) is 3.52. The lowest BCUT2D eigenvalue weighted by molar-refractivity contribution is 0.183.